The van der Waals surface area contributed by atoms with Crippen molar-refractivity contribution in [2.24, 2.45) is 0 Å². The molecule has 0 saturated carbocycles. The molecule has 1 aliphatic rings. The lowest BCUT2D eigenvalue weighted by molar-refractivity contribution is 0.195. The highest BCUT2D eigenvalue weighted by Gasteiger charge is 2.13. The van der Waals surface area contributed by atoms with Crippen LogP contribution < -0.4 is 0 Å². The van der Waals surface area contributed by atoms with Crippen molar-refractivity contribution in [3.63, 3.8) is 0 Å². The number of hydrogen-bond acceptors (Lipinski definition) is 3. The number of hydrogen-bond donors (Lipinski definition) is 1. The molecule has 1 saturated heterocycles. The number of rotatable bonds is 4. The zero-order chi connectivity index (χ0) is 9.52. The molecule has 1 heterocycles. The van der Waals surface area contributed by atoms with Gasteiger partial charge in [0.05, 0.1) is 6.61 Å². The first-order valence-corrected chi connectivity index (χ1v) is 4.98. The van der Waals surface area contributed by atoms with E-state index in [0.29, 0.717) is 6.54 Å². The monoisotopic (exact) mass is 190 g/mol. The van der Waals surface area contributed by atoms with E-state index in [9.17, 15) is 4.39 Å². The molecule has 1 aliphatic heterocycles. The molecule has 0 spiro atoms. The summed E-state index contributed by atoms with van der Waals surface area (Å²) in [6, 6.07) is 0. The Morgan fingerprint density at radius 1 is 1.00 bits per heavy atom. The van der Waals surface area contributed by atoms with Crippen molar-refractivity contribution < 1.29 is 9.50 Å². The molecule has 0 bridgehead atoms. The largest absolute Gasteiger partial charge is 0.395 e. The first-order chi connectivity index (χ1) is 6.36. The Hall–Kier alpha value is -0.190. The van der Waals surface area contributed by atoms with E-state index in [1.54, 1.807) is 0 Å². The van der Waals surface area contributed by atoms with E-state index in [4.69, 9.17) is 5.11 Å². The number of aliphatic hydroxyl groups excluding tert-OH is 1. The minimum atomic E-state index is -0.250. The second kappa shape index (κ2) is 6.29. The van der Waals surface area contributed by atoms with Gasteiger partial charge in [-0.3, -0.25) is 9.80 Å². The Labute approximate surface area is 79.1 Å². The van der Waals surface area contributed by atoms with E-state index in [1.165, 1.54) is 0 Å². The van der Waals surface area contributed by atoms with Crippen LogP contribution in [-0.2, 0) is 0 Å². The fraction of sp³-hybridized carbons (Fsp3) is 1.00. The molecule has 0 amide bonds. The van der Waals surface area contributed by atoms with Crippen molar-refractivity contribution in [1.82, 2.24) is 9.80 Å². The third-order valence-electron chi connectivity index (χ3n) is 2.50. The molecule has 1 rings (SSSR count). The summed E-state index contributed by atoms with van der Waals surface area (Å²) in [5.41, 5.74) is 0. The summed E-state index contributed by atoms with van der Waals surface area (Å²) in [7, 11) is 0. The predicted octanol–water partition coefficient (Wildman–Crippen LogP) is -0.0441. The number of nitrogens with zero attached hydrogens (tertiary/aromatic N) is 2. The van der Waals surface area contributed by atoms with Gasteiger partial charge in [0, 0.05) is 26.2 Å². The Morgan fingerprint density at radius 3 is 2.15 bits per heavy atom. The number of aliphatic hydroxyl groups is 1. The van der Waals surface area contributed by atoms with Gasteiger partial charge < -0.3 is 5.11 Å². The van der Waals surface area contributed by atoms with Crippen molar-refractivity contribution in [3.8, 4) is 0 Å². The molecule has 4 heteroatoms. The van der Waals surface area contributed by atoms with Crippen LogP contribution in [0, 0.1) is 0 Å². The summed E-state index contributed by atoms with van der Waals surface area (Å²) in [5.74, 6) is 0. The average molecular weight is 190 g/mol. The van der Waals surface area contributed by atoms with E-state index in [1.807, 2.05) is 0 Å². The summed E-state index contributed by atoms with van der Waals surface area (Å²) >= 11 is 0. The van der Waals surface area contributed by atoms with Crippen LogP contribution in [0.25, 0.3) is 0 Å². The molecule has 13 heavy (non-hydrogen) atoms. The van der Waals surface area contributed by atoms with Crippen molar-refractivity contribution >= 4 is 0 Å². The number of halogens is 1. The predicted molar refractivity (Wildman–Crippen MR) is 50.6 cm³/mol. The number of alkyl halides is 1. The van der Waals surface area contributed by atoms with Gasteiger partial charge in [0.15, 0.2) is 0 Å². The zero-order valence-electron chi connectivity index (χ0n) is 8.08. The molecule has 0 radical (unpaired) electrons. The SMILES string of the molecule is OCCN1CCCN(CCF)CC1. The molecular weight excluding hydrogens is 171 g/mol. The molecule has 0 atom stereocenters. The summed E-state index contributed by atoms with van der Waals surface area (Å²) < 4.78 is 12.1. The van der Waals surface area contributed by atoms with Gasteiger partial charge in [-0.15, -0.1) is 0 Å². The average Bonchev–Trinajstić information content (AvgIpc) is 2.33. The topological polar surface area (TPSA) is 26.7 Å². The van der Waals surface area contributed by atoms with Crippen LogP contribution in [0.5, 0.6) is 0 Å². The van der Waals surface area contributed by atoms with Crippen LogP contribution in [0.4, 0.5) is 4.39 Å². The maximum absolute atomic E-state index is 12.1. The second-order valence-electron chi connectivity index (χ2n) is 3.45. The molecule has 1 fully saturated rings. The molecule has 0 unspecified atom stereocenters. The third-order valence-corrected chi connectivity index (χ3v) is 2.50. The highest BCUT2D eigenvalue weighted by molar-refractivity contribution is 4.68. The fourth-order valence-corrected chi connectivity index (χ4v) is 1.73. The molecule has 0 aromatic rings. The highest BCUT2D eigenvalue weighted by Crippen LogP contribution is 2.02. The van der Waals surface area contributed by atoms with Gasteiger partial charge in [0.2, 0.25) is 0 Å². The lowest BCUT2D eigenvalue weighted by Gasteiger charge is -2.19. The van der Waals surface area contributed by atoms with Gasteiger partial charge in [0.1, 0.15) is 6.67 Å². The quantitative estimate of drug-likeness (QED) is 0.673. The van der Waals surface area contributed by atoms with Crippen molar-refractivity contribution in [3.05, 3.63) is 0 Å². The highest BCUT2D eigenvalue weighted by atomic mass is 19.1. The van der Waals surface area contributed by atoms with Crippen LogP contribution in [-0.4, -0.2) is 67.5 Å². The molecule has 0 aromatic heterocycles. The van der Waals surface area contributed by atoms with Gasteiger partial charge in [-0.2, -0.15) is 0 Å². The van der Waals surface area contributed by atoms with Crippen molar-refractivity contribution in [1.29, 1.82) is 0 Å². The van der Waals surface area contributed by atoms with Gasteiger partial charge >= 0.3 is 0 Å². The lowest BCUT2D eigenvalue weighted by Crippen LogP contribution is -2.33. The first-order valence-electron chi connectivity index (χ1n) is 4.98. The Balaban J connectivity index is 2.22. The first kappa shape index (κ1) is 10.9. The third kappa shape index (κ3) is 4.02. The van der Waals surface area contributed by atoms with E-state index >= 15 is 0 Å². The molecule has 78 valence electrons. The molecule has 0 aromatic carbocycles. The summed E-state index contributed by atoms with van der Waals surface area (Å²) in [6.07, 6.45) is 1.08. The molecule has 3 nitrogen and oxygen atoms in total. The minimum Gasteiger partial charge on any atom is -0.395 e. The Bertz CT molecular complexity index is 121. The maximum atomic E-state index is 12.1. The van der Waals surface area contributed by atoms with Crippen LogP contribution in [0.15, 0.2) is 0 Å². The second-order valence-corrected chi connectivity index (χ2v) is 3.45. The maximum Gasteiger partial charge on any atom is 0.102 e. The Morgan fingerprint density at radius 2 is 1.62 bits per heavy atom. The van der Waals surface area contributed by atoms with Crippen molar-refractivity contribution in [2.75, 3.05) is 52.6 Å². The molecular formula is C9H19FN2O. The van der Waals surface area contributed by atoms with E-state index < -0.39 is 0 Å². The normalized spacial score (nSPS) is 21.7. The minimum absolute atomic E-state index is 0.225. The van der Waals surface area contributed by atoms with Gasteiger partial charge in [-0.25, -0.2) is 4.39 Å². The summed E-state index contributed by atoms with van der Waals surface area (Å²) in [6.45, 7) is 5.21. The van der Waals surface area contributed by atoms with Gasteiger partial charge in [0.25, 0.3) is 0 Å². The van der Waals surface area contributed by atoms with E-state index in [2.05, 4.69) is 9.80 Å². The van der Waals surface area contributed by atoms with Crippen LogP contribution in [0.3, 0.4) is 0 Å². The summed E-state index contributed by atoms with van der Waals surface area (Å²) in [5, 5.41) is 8.76. The lowest BCUT2D eigenvalue weighted by atomic mass is 10.4. The van der Waals surface area contributed by atoms with Crippen LogP contribution in [0.2, 0.25) is 0 Å². The number of β-amino-alcohol motifs (C(OH)–C–C–N with tert-alkyl or cyclic N) is 1. The molecule has 0 aliphatic carbocycles. The van der Waals surface area contributed by atoms with E-state index in [0.717, 1.165) is 39.1 Å². The molecule has 1 N–H and O–H groups in total. The van der Waals surface area contributed by atoms with Gasteiger partial charge in [-0.1, -0.05) is 0 Å². The Kier molecular flexibility index (Phi) is 5.27. The van der Waals surface area contributed by atoms with Crippen LogP contribution >= 0.6 is 0 Å². The van der Waals surface area contributed by atoms with E-state index in [-0.39, 0.29) is 13.3 Å². The van der Waals surface area contributed by atoms with Crippen molar-refractivity contribution in [2.45, 2.75) is 6.42 Å². The zero-order valence-corrected chi connectivity index (χ0v) is 8.08. The standard InChI is InChI=1S/C9H19FN2O/c10-2-5-11-3-1-4-12(7-6-11)8-9-13/h13H,1-9H2. The summed E-state index contributed by atoms with van der Waals surface area (Å²) in [4.78, 5) is 4.38. The fourth-order valence-electron chi connectivity index (χ4n) is 1.73. The smallest absolute Gasteiger partial charge is 0.102 e. The van der Waals surface area contributed by atoms with Gasteiger partial charge in [-0.05, 0) is 19.5 Å². The van der Waals surface area contributed by atoms with Crippen LogP contribution in [0.1, 0.15) is 6.42 Å².